The predicted octanol–water partition coefficient (Wildman–Crippen LogP) is 3.26. The second-order valence-electron chi connectivity index (χ2n) is 4.77. The molecule has 3 nitrogen and oxygen atoms in total. The average Bonchev–Trinajstić information content (AvgIpc) is 2.85. The van der Waals surface area contributed by atoms with E-state index < -0.39 is 0 Å². The number of pyridine rings is 1. The quantitative estimate of drug-likeness (QED) is 0.909. The third kappa shape index (κ3) is 2.36. The summed E-state index contributed by atoms with van der Waals surface area (Å²) in [7, 11) is 0. The van der Waals surface area contributed by atoms with Gasteiger partial charge in [-0.3, -0.25) is 10.4 Å². The van der Waals surface area contributed by atoms with Crippen LogP contribution in [-0.4, -0.2) is 10.0 Å². The summed E-state index contributed by atoms with van der Waals surface area (Å²) in [5, 5.41) is 5.49. The Balaban J connectivity index is 1.85. The number of rotatable bonds is 2. The Morgan fingerprint density at radius 3 is 2.63 bits per heavy atom. The molecule has 19 heavy (non-hydrogen) atoms. The standard InChI is InChI=1S/C15H15N3S/c1-11-5-7-12(8-6-11)14-17-18-15(2,19-14)13-4-3-9-16-10-13/h3-10,18H,1-2H3. The number of nitrogens with one attached hydrogen (secondary N) is 1. The van der Waals surface area contributed by atoms with Gasteiger partial charge >= 0.3 is 0 Å². The van der Waals surface area contributed by atoms with E-state index in [9.17, 15) is 0 Å². The molecular formula is C15H15N3S. The smallest absolute Gasteiger partial charge is 0.130 e. The molecule has 0 aliphatic carbocycles. The van der Waals surface area contributed by atoms with Crippen LogP contribution in [0.5, 0.6) is 0 Å². The predicted molar refractivity (Wildman–Crippen MR) is 80.0 cm³/mol. The van der Waals surface area contributed by atoms with Crippen molar-refractivity contribution in [2.75, 3.05) is 0 Å². The zero-order valence-corrected chi connectivity index (χ0v) is 11.7. The van der Waals surface area contributed by atoms with Crippen LogP contribution in [0, 0.1) is 6.92 Å². The van der Waals surface area contributed by atoms with Crippen LogP contribution in [0.4, 0.5) is 0 Å². The van der Waals surface area contributed by atoms with Crippen molar-refractivity contribution in [3.05, 3.63) is 65.5 Å². The first-order valence-electron chi connectivity index (χ1n) is 6.19. The zero-order chi connectivity index (χ0) is 13.3. The van der Waals surface area contributed by atoms with Gasteiger partial charge in [-0.05, 0) is 19.9 Å². The number of hydrogen-bond acceptors (Lipinski definition) is 4. The van der Waals surface area contributed by atoms with Crippen LogP contribution < -0.4 is 5.43 Å². The number of hydrogen-bond donors (Lipinski definition) is 1. The summed E-state index contributed by atoms with van der Waals surface area (Å²) in [6.45, 7) is 4.21. The molecule has 0 radical (unpaired) electrons. The monoisotopic (exact) mass is 269 g/mol. The summed E-state index contributed by atoms with van der Waals surface area (Å²) in [4.78, 5) is 3.94. The minimum Gasteiger partial charge on any atom is -0.288 e. The fraction of sp³-hybridized carbons (Fsp3) is 0.200. The average molecular weight is 269 g/mol. The van der Waals surface area contributed by atoms with E-state index in [0.717, 1.165) is 16.2 Å². The van der Waals surface area contributed by atoms with Gasteiger partial charge in [0.15, 0.2) is 0 Å². The van der Waals surface area contributed by atoms with E-state index in [0.29, 0.717) is 0 Å². The van der Waals surface area contributed by atoms with E-state index in [1.807, 2.05) is 12.3 Å². The Morgan fingerprint density at radius 2 is 1.95 bits per heavy atom. The van der Waals surface area contributed by atoms with Crippen molar-refractivity contribution in [1.29, 1.82) is 0 Å². The molecule has 0 saturated carbocycles. The highest BCUT2D eigenvalue weighted by Crippen LogP contribution is 2.39. The van der Waals surface area contributed by atoms with Crippen molar-refractivity contribution in [2.45, 2.75) is 18.7 Å². The van der Waals surface area contributed by atoms with Gasteiger partial charge in [-0.2, -0.15) is 5.10 Å². The lowest BCUT2D eigenvalue weighted by Crippen LogP contribution is -2.28. The lowest BCUT2D eigenvalue weighted by molar-refractivity contribution is 0.561. The number of aromatic nitrogens is 1. The molecule has 4 heteroatoms. The fourth-order valence-corrected chi connectivity index (χ4v) is 3.05. The van der Waals surface area contributed by atoms with Crippen molar-refractivity contribution in [1.82, 2.24) is 10.4 Å². The minimum absolute atomic E-state index is 0.242. The van der Waals surface area contributed by atoms with Gasteiger partial charge in [0, 0.05) is 23.5 Å². The molecule has 1 aromatic heterocycles. The Hall–Kier alpha value is -1.81. The Morgan fingerprint density at radius 1 is 1.16 bits per heavy atom. The van der Waals surface area contributed by atoms with Crippen LogP contribution in [0.15, 0.2) is 53.9 Å². The molecule has 1 aliphatic rings. The van der Waals surface area contributed by atoms with Crippen LogP contribution in [0.2, 0.25) is 0 Å². The van der Waals surface area contributed by atoms with Crippen molar-refractivity contribution < 1.29 is 0 Å². The van der Waals surface area contributed by atoms with Gasteiger partial charge < -0.3 is 0 Å². The van der Waals surface area contributed by atoms with Crippen LogP contribution in [0.1, 0.15) is 23.6 Å². The first-order chi connectivity index (χ1) is 9.17. The van der Waals surface area contributed by atoms with E-state index >= 15 is 0 Å². The highest BCUT2D eigenvalue weighted by Gasteiger charge is 2.34. The molecule has 1 aromatic carbocycles. The number of hydrazone groups is 1. The summed E-state index contributed by atoms with van der Waals surface area (Å²) in [6.07, 6.45) is 3.67. The normalized spacial score (nSPS) is 21.9. The molecule has 1 unspecified atom stereocenters. The molecule has 1 aliphatic heterocycles. The lowest BCUT2D eigenvalue weighted by atomic mass is 10.1. The van der Waals surface area contributed by atoms with Gasteiger partial charge in [0.1, 0.15) is 9.91 Å². The highest BCUT2D eigenvalue weighted by atomic mass is 32.2. The van der Waals surface area contributed by atoms with Gasteiger partial charge in [-0.15, -0.1) is 0 Å². The van der Waals surface area contributed by atoms with E-state index in [-0.39, 0.29) is 4.87 Å². The van der Waals surface area contributed by atoms with Crippen LogP contribution >= 0.6 is 11.8 Å². The largest absolute Gasteiger partial charge is 0.288 e. The third-order valence-corrected chi connectivity index (χ3v) is 4.44. The number of thioether (sulfide) groups is 1. The minimum atomic E-state index is -0.242. The van der Waals surface area contributed by atoms with Crippen molar-refractivity contribution in [3.63, 3.8) is 0 Å². The molecule has 1 N–H and O–H groups in total. The first kappa shape index (κ1) is 12.2. The molecule has 0 saturated heterocycles. The molecule has 96 valence electrons. The van der Waals surface area contributed by atoms with Gasteiger partial charge in [0.2, 0.25) is 0 Å². The molecule has 0 amide bonds. The van der Waals surface area contributed by atoms with Gasteiger partial charge in [-0.1, -0.05) is 47.7 Å². The van der Waals surface area contributed by atoms with Gasteiger partial charge in [0.25, 0.3) is 0 Å². The second-order valence-corrected chi connectivity index (χ2v) is 6.18. The maximum atomic E-state index is 4.47. The van der Waals surface area contributed by atoms with Crippen LogP contribution in [0.3, 0.4) is 0 Å². The molecule has 1 atom stereocenters. The third-order valence-electron chi connectivity index (χ3n) is 3.18. The molecule has 0 bridgehead atoms. The van der Waals surface area contributed by atoms with Crippen LogP contribution in [-0.2, 0) is 4.87 Å². The number of benzene rings is 1. The van der Waals surface area contributed by atoms with E-state index in [2.05, 4.69) is 59.7 Å². The number of nitrogens with zero attached hydrogens (tertiary/aromatic N) is 2. The summed E-state index contributed by atoms with van der Waals surface area (Å²) in [6, 6.07) is 12.5. The molecule has 0 spiro atoms. The zero-order valence-electron chi connectivity index (χ0n) is 10.9. The van der Waals surface area contributed by atoms with Crippen LogP contribution in [0.25, 0.3) is 0 Å². The molecule has 2 heterocycles. The second kappa shape index (κ2) is 4.70. The lowest BCUT2D eigenvalue weighted by Gasteiger charge is -2.22. The summed E-state index contributed by atoms with van der Waals surface area (Å²) >= 11 is 1.72. The van der Waals surface area contributed by atoms with E-state index in [1.165, 1.54) is 5.56 Å². The van der Waals surface area contributed by atoms with Gasteiger partial charge in [0.05, 0.1) is 0 Å². The molecule has 0 fully saturated rings. The molecule has 3 rings (SSSR count). The first-order valence-corrected chi connectivity index (χ1v) is 7.00. The van der Waals surface area contributed by atoms with Crippen molar-refractivity contribution in [3.8, 4) is 0 Å². The topological polar surface area (TPSA) is 37.3 Å². The fourth-order valence-electron chi connectivity index (χ4n) is 1.98. The van der Waals surface area contributed by atoms with E-state index in [4.69, 9.17) is 0 Å². The summed E-state index contributed by atoms with van der Waals surface area (Å²) in [5.74, 6) is 0. The maximum absolute atomic E-state index is 4.47. The van der Waals surface area contributed by atoms with Crippen molar-refractivity contribution >= 4 is 16.8 Å². The van der Waals surface area contributed by atoms with Crippen molar-refractivity contribution in [2.24, 2.45) is 5.10 Å². The summed E-state index contributed by atoms with van der Waals surface area (Å²) < 4.78 is 0. The summed E-state index contributed by atoms with van der Waals surface area (Å²) in [5.41, 5.74) is 6.76. The Kier molecular flexibility index (Phi) is 3.03. The Labute approximate surface area is 117 Å². The molecular weight excluding hydrogens is 254 g/mol. The van der Waals surface area contributed by atoms with E-state index in [1.54, 1.807) is 18.0 Å². The SMILES string of the molecule is Cc1ccc(C2=NNC(C)(c3cccnc3)S2)cc1. The number of aryl methyl sites for hydroxylation is 1. The Bertz CT molecular complexity index is 607. The maximum Gasteiger partial charge on any atom is 0.130 e. The highest BCUT2D eigenvalue weighted by molar-refractivity contribution is 8.15. The van der Waals surface area contributed by atoms with Gasteiger partial charge in [-0.25, -0.2) is 0 Å². The molecule has 2 aromatic rings.